The SMILES string of the molecule is O=C(O)c1ccc(Oc2ccccc2)cc1CO. The number of carbonyl (C=O) groups is 1. The number of carboxylic acid groups (broad SMARTS) is 1. The van der Waals surface area contributed by atoms with E-state index in [-0.39, 0.29) is 12.2 Å². The molecule has 18 heavy (non-hydrogen) atoms. The lowest BCUT2D eigenvalue weighted by molar-refractivity contribution is 0.0693. The largest absolute Gasteiger partial charge is 0.478 e. The lowest BCUT2D eigenvalue weighted by Gasteiger charge is -2.08. The van der Waals surface area contributed by atoms with Crippen molar-refractivity contribution in [2.24, 2.45) is 0 Å². The summed E-state index contributed by atoms with van der Waals surface area (Å²) in [5.74, 6) is 0.0880. The summed E-state index contributed by atoms with van der Waals surface area (Å²) in [5.41, 5.74) is 0.411. The first-order valence-corrected chi connectivity index (χ1v) is 5.40. The summed E-state index contributed by atoms with van der Waals surface area (Å²) < 4.78 is 5.55. The molecule has 0 aliphatic heterocycles. The Hall–Kier alpha value is -2.33. The Bertz CT molecular complexity index is 549. The van der Waals surface area contributed by atoms with Crippen LogP contribution in [0, 0.1) is 0 Å². The number of hydrogen-bond donors (Lipinski definition) is 2. The molecule has 2 N–H and O–H groups in total. The number of ether oxygens (including phenoxy) is 1. The van der Waals surface area contributed by atoms with Crippen LogP contribution in [0.1, 0.15) is 15.9 Å². The standard InChI is InChI=1S/C14H12O4/c15-9-10-8-12(6-7-13(10)14(16)17)18-11-4-2-1-3-5-11/h1-8,15H,9H2,(H,16,17). The fourth-order valence-electron chi connectivity index (χ4n) is 1.60. The normalized spacial score (nSPS) is 10.1. The number of hydrogen-bond acceptors (Lipinski definition) is 3. The van der Waals surface area contributed by atoms with E-state index in [1.807, 2.05) is 18.2 Å². The molecule has 0 aromatic heterocycles. The van der Waals surface area contributed by atoms with Gasteiger partial charge in [-0.2, -0.15) is 0 Å². The summed E-state index contributed by atoms with van der Waals surface area (Å²) in [6.45, 7) is -0.340. The Labute approximate surface area is 104 Å². The molecule has 2 aromatic carbocycles. The molecule has 0 atom stereocenters. The van der Waals surface area contributed by atoms with Gasteiger partial charge in [-0.05, 0) is 35.9 Å². The number of carboxylic acids is 1. The second-order valence-electron chi connectivity index (χ2n) is 3.70. The van der Waals surface area contributed by atoms with Gasteiger partial charge in [-0.3, -0.25) is 0 Å². The summed E-state index contributed by atoms with van der Waals surface area (Å²) in [4.78, 5) is 10.9. The Morgan fingerprint density at radius 1 is 1.06 bits per heavy atom. The van der Waals surface area contributed by atoms with Gasteiger partial charge in [-0.1, -0.05) is 18.2 Å². The zero-order valence-corrected chi connectivity index (χ0v) is 9.54. The highest BCUT2D eigenvalue weighted by Gasteiger charge is 2.10. The minimum Gasteiger partial charge on any atom is -0.478 e. The van der Waals surface area contributed by atoms with E-state index in [1.54, 1.807) is 18.2 Å². The fourth-order valence-corrected chi connectivity index (χ4v) is 1.60. The van der Waals surface area contributed by atoms with Gasteiger partial charge in [-0.15, -0.1) is 0 Å². The minimum absolute atomic E-state index is 0.0814. The van der Waals surface area contributed by atoms with Gasteiger partial charge in [0, 0.05) is 0 Å². The summed E-state index contributed by atoms with van der Waals surface area (Å²) in [7, 11) is 0. The average Bonchev–Trinajstić information content (AvgIpc) is 2.39. The van der Waals surface area contributed by atoms with E-state index in [9.17, 15) is 4.79 Å². The van der Waals surface area contributed by atoms with Crippen molar-refractivity contribution in [2.45, 2.75) is 6.61 Å². The summed E-state index contributed by atoms with van der Waals surface area (Å²) in [5, 5.41) is 18.1. The highest BCUT2D eigenvalue weighted by Crippen LogP contribution is 2.24. The number of rotatable bonds is 4. The Morgan fingerprint density at radius 2 is 1.78 bits per heavy atom. The van der Waals surface area contributed by atoms with E-state index in [4.69, 9.17) is 14.9 Å². The molecule has 0 aliphatic carbocycles. The first kappa shape index (κ1) is 12.1. The number of benzene rings is 2. The van der Waals surface area contributed by atoms with Crippen LogP contribution >= 0.6 is 0 Å². The van der Waals surface area contributed by atoms with Crippen molar-refractivity contribution in [3.8, 4) is 11.5 Å². The van der Waals surface area contributed by atoms with E-state index in [0.29, 0.717) is 17.1 Å². The average molecular weight is 244 g/mol. The van der Waals surface area contributed by atoms with Crippen molar-refractivity contribution in [3.63, 3.8) is 0 Å². The van der Waals surface area contributed by atoms with Crippen LogP contribution in [0.15, 0.2) is 48.5 Å². The maximum absolute atomic E-state index is 10.9. The number of aliphatic hydroxyl groups excluding tert-OH is 1. The van der Waals surface area contributed by atoms with E-state index in [1.165, 1.54) is 12.1 Å². The zero-order chi connectivity index (χ0) is 13.0. The molecular weight excluding hydrogens is 232 g/mol. The molecule has 0 radical (unpaired) electrons. The van der Waals surface area contributed by atoms with Gasteiger partial charge in [0.05, 0.1) is 12.2 Å². The maximum Gasteiger partial charge on any atom is 0.336 e. The number of aliphatic hydroxyl groups is 1. The second-order valence-corrected chi connectivity index (χ2v) is 3.70. The third-order valence-corrected chi connectivity index (χ3v) is 2.46. The van der Waals surface area contributed by atoms with Crippen molar-refractivity contribution < 1.29 is 19.7 Å². The fraction of sp³-hybridized carbons (Fsp3) is 0.0714. The van der Waals surface area contributed by atoms with E-state index in [2.05, 4.69) is 0 Å². The molecule has 0 bridgehead atoms. The molecule has 0 saturated heterocycles. The quantitative estimate of drug-likeness (QED) is 0.867. The molecule has 0 aliphatic rings. The molecule has 0 fully saturated rings. The van der Waals surface area contributed by atoms with E-state index >= 15 is 0 Å². The zero-order valence-electron chi connectivity index (χ0n) is 9.54. The predicted molar refractivity (Wildman–Crippen MR) is 65.8 cm³/mol. The van der Waals surface area contributed by atoms with Gasteiger partial charge in [0.15, 0.2) is 0 Å². The van der Waals surface area contributed by atoms with Crippen LogP contribution in [0.5, 0.6) is 11.5 Å². The van der Waals surface area contributed by atoms with E-state index < -0.39 is 5.97 Å². The third kappa shape index (κ3) is 2.67. The van der Waals surface area contributed by atoms with Crippen LogP contribution < -0.4 is 4.74 Å². The van der Waals surface area contributed by atoms with Crippen molar-refractivity contribution in [1.29, 1.82) is 0 Å². The van der Waals surface area contributed by atoms with Gasteiger partial charge in [0.1, 0.15) is 11.5 Å². The van der Waals surface area contributed by atoms with Crippen molar-refractivity contribution in [2.75, 3.05) is 0 Å². The summed E-state index contributed by atoms with van der Waals surface area (Å²) in [6, 6.07) is 13.7. The number of para-hydroxylation sites is 1. The smallest absolute Gasteiger partial charge is 0.336 e. The van der Waals surface area contributed by atoms with Crippen LogP contribution in [-0.2, 0) is 6.61 Å². The van der Waals surface area contributed by atoms with Crippen molar-refractivity contribution in [1.82, 2.24) is 0 Å². The van der Waals surface area contributed by atoms with Gasteiger partial charge in [0.2, 0.25) is 0 Å². The highest BCUT2D eigenvalue weighted by atomic mass is 16.5. The lowest BCUT2D eigenvalue weighted by Crippen LogP contribution is -2.02. The van der Waals surface area contributed by atoms with Gasteiger partial charge >= 0.3 is 5.97 Å². The van der Waals surface area contributed by atoms with Gasteiger partial charge in [0.25, 0.3) is 0 Å². The Morgan fingerprint density at radius 3 is 2.39 bits per heavy atom. The monoisotopic (exact) mass is 244 g/mol. The maximum atomic E-state index is 10.9. The molecule has 0 spiro atoms. The summed E-state index contributed by atoms with van der Waals surface area (Å²) >= 11 is 0. The van der Waals surface area contributed by atoms with Crippen LogP contribution in [0.3, 0.4) is 0 Å². The third-order valence-electron chi connectivity index (χ3n) is 2.46. The molecular formula is C14H12O4. The molecule has 2 rings (SSSR count). The van der Waals surface area contributed by atoms with Crippen LogP contribution in [0.25, 0.3) is 0 Å². The Balaban J connectivity index is 2.28. The molecule has 0 amide bonds. The molecule has 2 aromatic rings. The van der Waals surface area contributed by atoms with Crippen LogP contribution in [0.2, 0.25) is 0 Å². The predicted octanol–water partition coefficient (Wildman–Crippen LogP) is 2.67. The molecule has 4 nitrogen and oxygen atoms in total. The van der Waals surface area contributed by atoms with E-state index in [0.717, 1.165) is 0 Å². The summed E-state index contributed by atoms with van der Waals surface area (Å²) in [6.07, 6.45) is 0. The first-order chi connectivity index (χ1) is 8.70. The Kier molecular flexibility index (Phi) is 3.60. The van der Waals surface area contributed by atoms with Crippen LogP contribution in [-0.4, -0.2) is 16.2 Å². The lowest BCUT2D eigenvalue weighted by atomic mass is 10.1. The van der Waals surface area contributed by atoms with Crippen molar-refractivity contribution >= 4 is 5.97 Å². The number of aromatic carboxylic acids is 1. The first-order valence-electron chi connectivity index (χ1n) is 5.40. The highest BCUT2D eigenvalue weighted by molar-refractivity contribution is 5.89. The molecule has 0 heterocycles. The van der Waals surface area contributed by atoms with Crippen molar-refractivity contribution in [3.05, 3.63) is 59.7 Å². The topological polar surface area (TPSA) is 66.8 Å². The second kappa shape index (κ2) is 5.33. The van der Waals surface area contributed by atoms with Gasteiger partial charge < -0.3 is 14.9 Å². The molecule has 0 unspecified atom stereocenters. The molecule has 4 heteroatoms. The molecule has 92 valence electrons. The molecule has 0 saturated carbocycles. The van der Waals surface area contributed by atoms with Gasteiger partial charge in [-0.25, -0.2) is 4.79 Å². The minimum atomic E-state index is -1.06. The van der Waals surface area contributed by atoms with Crippen LogP contribution in [0.4, 0.5) is 0 Å².